The molecule has 8 heteroatoms. The SMILES string of the molecule is Cc1ncsc1C(=O)N1CCC(c2cc(=O)[nH]c(N(C)C)n2)C1. The number of rotatable bonds is 3. The molecular formula is C15H19N5O2S. The van der Waals surface area contributed by atoms with Gasteiger partial charge in [0.05, 0.1) is 16.9 Å². The number of hydrogen-bond donors (Lipinski definition) is 1. The van der Waals surface area contributed by atoms with Gasteiger partial charge in [-0.2, -0.15) is 0 Å². The number of aromatic amines is 1. The lowest BCUT2D eigenvalue weighted by atomic mass is 10.1. The largest absolute Gasteiger partial charge is 0.348 e. The van der Waals surface area contributed by atoms with Gasteiger partial charge in [0.2, 0.25) is 5.95 Å². The molecule has 0 radical (unpaired) electrons. The summed E-state index contributed by atoms with van der Waals surface area (Å²) in [6.07, 6.45) is 0.812. The molecule has 0 bridgehead atoms. The summed E-state index contributed by atoms with van der Waals surface area (Å²) < 4.78 is 0. The number of aryl methyl sites for hydroxylation is 1. The van der Waals surface area contributed by atoms with Crippen molar-refractivity contribution in [3.05, 3.63) is 38.2 Å². The smallest absolute Gasteiger partial charge is 0.265 e. The van der Waals surface area contributed by atoms with Gasteiger partial charge in [-0.05, 0) is 13.3 Å². The predicted octanol–water partition coefficient (Wildman–Crippen LogP) is 1.23. The van der Waals surface area contributed by atoms with Crippen molar-refractivity contribution in [2.24, 2.45) is 0 Å². The number of aromatic nitrogens is 3. The maximum Gasteiger partial charge on any atom is 0.265 e. The monoisotopic (exact) mass is 333 g/mol. The van der Waals surface area contributed by atoms with Crippen LogP contribution in [0.15, 0.2) is 16.4 Å². The molecular weight excluding hydrogens is 314 g/mol. The summed E-state index contributed by atoms with van der Waals surface area (Å²) in [6.45, 7) is 3.10. The zero-order chi connectivity index (χ0) is 16.6. The van der Waals surface area contributed by atoms with Crippen molar-refractivity contribution in [3.8, 4) is 0 Å². The quantitative estimate of drug-likeness (QED) is 0.913. The van der Waals surface area contributed by atoms with Crippen molar-refractivity contribution in [1.29, 1.82) is 0 Å². The summed E-state index contributed by atoms with van der Waals surface area (Å²) in [5.74, 6) is 0.647. The fourth-order valence-corrected chi connectivity index (χ4v) is 3.49. The molecule has 1 aliphatic rings. The molecule has 1 amide bonds. The van der Waals surface area contributed by atoms with Crippen LogP contribution in [0.5, 0.6) is 0 Å². The molecule has 1 fully saturated rings. The normalized spacial score (nSPS) is 17.5. The first kappa shape index (κ1) is 15.7. The van der Waals surface area contributed by atoms with Crippen LogP contribution >= 0.6 is 11.3 Å². The highest BCUT2D eigenvalue weighted by atomic mass is 32.1. The first-order valence-corrected chi connectivity index (χ1v) is 8.31. The molecule has 2 aromatic heterocycles. The van der Waals surface area contributed by atoms with E-state index in [0.29, 0.717) is 23.9 Å². The molecule has 1 aliphatic heterocycles. The van der Waals surface area contributed by atoms with E-state index in [1.807, 2.05) is 25.9 Å². The van der Waals surface area contributed by atoms with Crippen LogP contribution in [0.1, 0.15) is 33.4 Å². The molecule has 0 saturated carbocycles. The summed E-state index contributed by atoms with van der Waals surface area (Å²) in [6, 6.07) is 1.53. The first-order chi connectivity index (χ1) is 11.0. The van der Waals surface area contributed by atoms with E-state index >= 15 is 0 Å². The molecule has 1 unspecified atom stereocenters. The second-order valence-corrected chi connectivity index (χ2v) is 6.75. The van der Waals surface area contributed by atoms with E-state index in [2.05, 4.69) is 15.0 Å². The van der Waals surface area contributed by atoms with Crippen molar-refractivity contribution >= 4 is 23.2 Å². The number of amides is 1. The van der Waals surface area contributed by atoms with Crippen LogP contribution in [-0.4, -0.2) is 52.9 Å². The van der Waals surface area contributed by atoms with Gasteiger partial charge in [0.15, 0.2) is 0 Å². The van der Waals surface area contributed by atoms with Gasteiger partial charge in [-0.15, -0.1) is 11.3 Å². The summed E-state index contributed by atoms with van der Waals surface area (Å²) in [5.41, 5.74) is 3.04. The third-order valence-corrected chi connectivity index (χ3v) is 4.92. The molecule has 1 N–H and O–H groups in total. The van der Waals surface area contributed by atoms with Crippen LogP contribution in [0.2, 0.25) is 0 Å². The first-order valence-electron chi connectivity index (χ1n) is 7.43. The Morgan fingerprint density at radius 2 is 2.26 bits per heavy atom. The number of nitrogens with one attached hydrogen (secondary N) is 1. The number of H-pyrrole nitrogens is 1. The van der Waals surface area contributed by atoms with E-state index < -0.39 is 0 Å². The van der Waals surface area contributed by atoms with E-state index in [4.69, 9.17) is 0 Å². The van der Waals surface area contributed by atoms with Gasteiger partial charge in [-0.25, -0.2) is 9.97 Å². The number of hydrogen-bond acceptors (Lipinski definition) is 6. The number of likely N-dealkylation sites (tertiary alicyclic amines) is 1. The van der Waals surface area contributed by atoms with Gasteiger partial charge < -0.3 is 9.80 Å². The third-order valence-electron chi connectivity index (χ3n) is 4.01. The Hall–Kier alpha value is -2.22. The van der Waals surface area contributed by atoms with Gasteiger partial charge >= 0.3 is 0 Å². The molecule has 7 nitrogen and oxygen atoms in total. The molecule has 23 heavy (non-hydrogen) atoms. The molecule has 3 heterocycles. The van der Waals surface area contributed by atoms with Crippen LogP contribution in [0.3, 0.4) is 0 Å². The third kappa shape index (κ3) is 3.12. The van der Waals surface area contributed by atoms with Gasteiger partial charge in [0.1, 0.15) is 4.88 Å². The Kier molecular flexibility index (Phi) is 4.16. The molecule has 2 aromatic rings. The minimum absolute atomic E-state index is 0.0187. The molecule has 122 valence electrons. The Morgan fingerprint density at radius 3 is 2.91 bits per heavy atom. The highest BCUT2D eigenvalue weighted by Gasteiger charge is 2.30. The van der Waals surface area contributed by atoms with Gasteiger partial charge in [-0.1, -0.05) is 0 Å². The van der Waals surface area contributed by atoms with E-state index in [1.165, 1.54) is 17.4 Å². The maximum absolute atomic E-state index is 12.5. The Bertz CT molecular complexity index is 782. The fraction of sp³-hybridized carbons (Fsp3) is 0.467. The number of carbonyl (C=O) groups is 1. The van der Waals surface area contributed by atoms with Gasteiger partial charge in [-0.3, -0.25) is 14.6 Å². The lowest BCUT2D eigenvalue weighted by Gasteiger charge is -2.17. The lowest BCUT2D eigenvalue weighted by molar-refractivity contribution is 0.0794. The van der Waals surface area contributed by atoms with Crippen LogP contribution in [0.4, 0.5) is 5.95 Å². The standard InChI is InChI=1S/C15H19N5O2S/c1-9-13(23-8-16-9)14(22)20-5-4-10(7-20)11-6-12(21)18-15(17-11)19(2)3/h6,8,10H,4-5,7H2,1-3H3,(H,17,18,21). The Balaban J connectivity index is 1.79. The highest BCUT2D eigenvalue weighted by molar-refractivity contribution is 7.11. The number of nitrogens with zero attached hydrogens (tertiary/aromatic N) is 4. The minimum atomic E-state index is -0.165. The van der Waals surface area contributed by atoms with E-state index in [9.17, 15) is 9.59 Å². The molecule has 0 aliphatic carbocycles. The molecule has 0 spiro atoms. The Labute approximate surface area is 138 Å². The molecule has 3 rings (SSSR count). The second-order valence-electron chi connectivity index (χ2n) is 5.89. The Morgan fingerprint density at radius 1 is 1.48 bits per heavy atom. The zero-order valence-electron chi connectivity index (χ0n) is 13.4. The van der Waals surface area contributed by atoms with Gasteiger partial charge in [0.25, 0.3) is 11.5 Å². The van der Waals surface area contributed by atoms with Gasteiger partial charge in [0, 0.05) is 39.2 Å². The zero-order valence-corrected chi connectivity index (χ0v) is 14.2. The average molecular weight is 333 g/mol. The highest BCUT2D eigenvalue weighted by Crippen LogP contribution is 2.28. The maximum atomic E-state index is 12.5. The number of thiazole rings is 1. The average Bonchev–Trinajstić information content (AvgIpc) is 3.14. The van der Waals surface area contributed by atoms with E-state index in [1.54, 1.807) is 10.4 Å². The van der Waals surface area contributed by atoms with Crippen LogP contribution < -0.4 is 10.5 Å². The van der Waals surface area contributed by atoms with Crippen molar-refractivity contribution in [1.82, 2.24) is 19.9 Å². The molecule has 1 atom stereocenters. The van der Waals surface area contributed by atoms with Crippen LogP contribution in [0.25, 0.3) is 0 Å². The summed E-state index contributed by atoms with van der Waals surface area (Å²) in [7, 11) is 3.66. The van der Waals surface area contributed by atoms with Crippen LogP contribution in [0, 0.1) is 6.92 Å². The minimum Gasteiger partial charge on any atom is -0.348 e. The second kappa shape index (κ2) is 6.11. The summed E-state index contributed by atoms with van der Waals surface area (Å²) >= 11 is 1.37. The lowest BCUT2D eigenvalue weighted by Crippen LogP contribution is -2.28. The predicted molar refractivity (Wildman–Crippen MR) is 89.3 cm³/mol. The number of carbonyl (C=O) groups excluding carboxylic acids is 1. The molecule has 1 saturated heterocycles. The van der Waals surface area contributed by atoms with Crippen molar-refractivity contribution < 1.29 is 4.79 Å². The van der Waals surface area contributed by atoms with Crippen molar-refractivity contribution in [2.45, 2.75) is 19.3 Å². The summed E-state index contributed by atoms with van der Waals surface area (Å²) in [5, 5.41) is 0. The van der Waals surface area contributed by atoms with Crippen molar-refractivity contribution in [3.63, 3.8) is 0 Å². The topological polar surface area (TPSA) is 82.2 Å². The summed E-state index contributed by atoms with van der Waals surface area (Å²) in [4.78, 5) is 40.0. The number of anilines is 1. The van der Waals surface area contributed by atoms with E-state index in [-0.39, 0.29) is 17.4 Å². The van der Waals surface area contributed by atoms with Crippen molar-refractivity contribution in [2.75, 3.05) is 32.1 Å². The fourth-order valence-electron chi connectivity index (χ4n) is 2.72. The molecule has 0 aromatic carbocycles. The van der Waals surface area contributed by atoms with Crippen LogP contribution in [-0.2, 0) is 0 Å². The van der Waals surface area contributed by atoms with E-state index in [0.717, 1.165) is 17.8 Å².